The van der Waals surface area contributed by atoms with Crippen LogP contribution in [0.3, 0.4) is 0 Å². The molecular weight excluding hydrogens is 401 g/mol. The highest BCUT2D eigenvalue weighted by molar-refractivity contribution is 7.20. The van der Waals surface area contributed by atoms with E-state index in [2.05, 4.69) is 5.10 Å². The van der Waals surface area contributed by atoms with E-state index in [1.165, 1.54) is 23.5 Å². The number of hydrogen-bond acceptors (Lipinski definition) is 4. The highest BCUT2D eigenvalue weighted by atomic mass is 32.1. The van der Waals surface area contributed by atoms with Gasteiger partial charge in [0.25, 0.3) is 5.91 Å². The summed E-state index contributed by atoms with van der Waals surface area (Å²) in [4.78, 5) is 16.2. The van der Waals surface area contributed by atoms with Crippen LogP contribution in [-0.2, 0) is 6.54 Å². The van der Waals surface area contributed by atoms with Crippen LogP contribution in [0.5, 0.6) is 5.75 Å². The second-order valence-electron chi connectivity index (χ2n) is 7.09. The van der Waals surface area contributed by atoms with E-state index in [0.29, 0.717) is 24.6 Å². The fourth-order valence-corrected chi connectivity index (χ4v) is 4.35. The SMILES string of the molecule is Cc1nn(Cc2ccc(F)cc2)c2sc(C(=O)N(C)CCOc3ccccc3)cc12. The lowest BCUT2D eigenvalue weighted by Gasteiger charge is -2.16. The van der Waals surface area contributed by atoms with E-state index in [1.54, 1.807) is 24.1 Å². The Morgan fingerprint density at radius 1 is 1.17 bits per heavy atom. The molecule has 0 fully saturated rings. The summed E-state index contributed by atoms with van der Waals surface area (Å²) in [6, 6.07) is 17.8. The highest BCUT2D eigenvalue weighted by Crippen LogP contribution is 2.29. The Morgan fingerprint density at radius 2 is 1.90 bits per heavy atom. The molecule has 7 heteroatoms. The zero-order valence-corrected chi connectivity index (χ0v) is 17.7. The second-order valence-corrected chi connectivity index (χ2v) is 8.12. The minimum Gasteiger partial charge on any atom is -0.492 e. The number of carbonyl (C=O) groups excluding carboxylic acids is 1. The van der Waals surface area contributed by atoms with Crippen LogP contribution < -0.4 is 4.74 Å². The molecule has 30 heavy (non-hydrogen) atoms. The van der Waals surface area contributed by atoms with Gasteiger partial charge in [-0.1, -0.05) is 30.3 Å². The number of nitrogens with zero attached hydrogens (tertiary/aromatic N) is 3. The van der Waals surface area contributed by atoms with Gasteiger partial charge in [0.05, 0.1) is 23.7 Å². The average Bonchev–Trinajstić information content (AvgIpc) is 3.31. The first-order valence-electron chi connectivity index (χ1n) is 9.66. The first-order valence-corrected chi connectivity index (χ1v) is 10.5. The van der Waals surface area contributed by atoms with Crippen LogP contribution in [0.1, 0.15) is 20.9 Å². The molecule has 5 nitrogen and oxygen atoms in total. The summed E-state index contributed by atoms with van der Waals surface area (Å²) >= 11 is 1.43. The third kappa shape index (κ3) is 4.36. The molecule has 0 aliphatic rings. The molecule has 0 N–H and O–H groups in total. The van der Waals surface area contributed by atoms with Gasteiger partial charge in [-0.15, -0.1) is 11.3 Å². The van der Waals surface area contributed by atoms with Crippen LogP contribution in [0.15, 0.2) is 60.7 Å². The van der Waals surface area contributed by atoms with Crippen LogP contribution >= 0.6 is 11.3 Å². The predicted molar refractivity (Wildman–Crippen MR) is 117 cm³/mol. The third-order valence-corrected chi connectivity index (χ3v) is 5.99. The monoisotopic (exact) mass is 423 g/mol. The number of hydrogen-bond donors (Lipinski definition) is 0. The molecule has 154 valence electrons. The summed E-state index contributed by atoms with van der Waals surface area (Å²) < 4.78 is 20.7. The zero-order chi connectivity index (χ0) is 21.1. The standard InChI is InChI=1S/C23H22FN3O2S/c1-16-20-14-21(22(28)26(2)12-13-29-19-6-4-3-5-7-19)30-23(20)27(25-16)15-17-8-10-18(24)11-9-17/h3-11,14H,12-13,15H2,1-2H3. The largest absolute Gasteiger partial charge is 0.492 e. The van der Waals surface area contributed by atoms with Crippen molar-refractivity contribution in [3.63, 3.8) is 0 Å². The minimum atomic E-state index is -0.260. The number of likely N-dealkylation sites (N-methyl/N-ethyl adjacent to an activating group) is 1. The molecule has 0 aliphatic heterocycles. The maximum absolute atomic E-state index is 13.2. The quantitative estimate of drug-likeness (QED) is 0.431. The maximum Gasteiger partial charge on any atom is 0.263 e. The van der Waals surface area contributed by atoms with E-state index >= 15 is 0 Å². The van der Waals surface area contributed by atoms with Gasteiger partial charge in [0.1, 0.15) is 23.0 Å². The molecule has 0 saturated carbocycles. The Balaban J connectivity index is 1.45. The molecule has 2 aromatic carbocycles. The number of fused-ring (bicyclic) bond motifs is 1. The van der Waals surface area contributed by atoms with E-state index in [4.69, 9.17) is 4.74 Å². The number of aromatic nitrogens is 2. The molecule has 2 heterocycles. The first-order chi connectivity index (χ1) is 14.5. The summed E-state index contributed by atoms with van der Waals surface area (Å²) in [7, 11) is 1.78. The lowest BCUT2D eigenvalue weighted by Crippen LogP contribution is -2.30. The molecule has 0 atom stereocenters. The van der Waals surface area contributed by atoms with Gasteiger partial charge in [0, 0.05) is 12.4 Å². The molecule has 0 spiro atoms. The average molecular weight is 424 g/mol. The number of aryl methyl sites for hydroxylation is 1. The number of benzene rings is 2. The van der Waals surface area contributed by atoms with Gasteiger partial charge in [-0.05, 0) is 42.8 Å². The molecule has 4 aromatic rings. The zero-order valence-electron chi connectivity index (χ0n) is 16.8. The van der Waals surface area contributed by atoms with E-state index in [1.807, 2.05) is 48.0 Å². The third-order valence-electron chi connectivity index (χ3n) is 4.85. The van der Waals surface area contributed by atoms with Crippen LogP contribution in [0.25, 0.3) is 10.2 Å². The van der Waals surface area contributed by atoms with Gasteiger partial charge in [-0.2, -0.15) is 5.10 Å². The molecule has 2 aromatic heterocycles. The molecule has 4 rings (SSSR count). The predicted octanol–water partition coefficient (Wildman–Crippen LogP) is 4.74. The molecular formula is C23H22FN3O2S. The lowest BCUT2D eigenvalue weighted by atomic mass is 10.2. The maximum atomic E-state index is 13.2. The van der Waals surface area contributed by atoms with Gasteiger partial charge < -0.3 is 9.64 Å². The van der Waals surface area contributed by atoms with E-state index in [9.17, 15) is 9.18 Å². The lowest BCUT2D eigenvalue weighted by molar-refractivity contribution is 0.0778. The molecule has 0 radical (unpaired) electrons. The fraction of sp³-hybridized carbons (Fsp3) is 0.217. The van der Waals surface area contributed by atoms with Gasteiger partial charge in [0.15, 0.2) is 0 Å². The van der Waals surface area contributed by atoms with Gasteiger partial charge in [-0.25, -0.2) is 4.39 Å². The van der Waals surface area contributed by atoms with Crippen molar-refractivity contribution < 1.29 is 13.9 Å². The van der Waals surface area contributed by atoms with Gasteiger partial charge in [0.2, 0.25) is 0 Å². The van der Waals surface area contributed by atoms with Crippen LogP contribution in [-0.4, -0.2) is 40.8 Å². The minimum absolute atomic E-state index is 0.0411. The Bertz CT molecular complexity index is 1150. The van der Waals surface area contributed by atoms with E-state index < -0.39 is 0 Å². The molecule has 0 saturated heterocycles. The van der Waals surface area contributed by atoms with Crippen molar-refractivity contribution in [2.75, 3.05) is 20.2 Å². The normalized spacial score (nSPS) is 11.0. The number of rotatable bonds is 7. The van der Waals surface area contributed by atoms with Crippen molar-refractivity contribution in [3.05, 3.63) is 82.6 Å². The van der Waals surface area contributed by atoms with Crippen LogP contribution in [0, 0.1) is 12.7 Å². The first kappa shape index (κ1) is 20.1. The smallest absolute Gasteiger partial charge is 0.263 e. The fourth-order valence-electron chi connectivity index (χ4n) is 3.19. The number of para-hydroxylation sites is 1. The van der Waals surface area contributed by atoms with Crippen molar-refractivity contribution in [2.24, 2.45) is 0 Å². The van der Waals surface area contributed by atoms with Crippen molar-refractivity contribution in [2.45, 2.75) is 13.5 Å². The number of thiophene rings is 1. The Hall–Kier alpha value is -3.19. The highest BCUT2D eigenvalue weighted by Gasteiger charge is 2.19. The molecule has 0 unspecified atom stereocenters. The molecule has 0 bridgehead atoms. The topological polar surface area (TPSA) is 47.4 Å². The molecule has 0 aliphatic carbocycles. The van der Waals surface area contributed by atoms with Crippen LogP contribution in [0.4, 0.5) is 4.39 Å². The number of amides is 1. The Labute approximate surface area is 178 Å². The summed E-state index contributed by atoms with van der Waals surface area (Å²) in [6.45, 7) is 3.37. The van der Waals surface area contributed by atoms with Crippen molar-refractivity contribution >= 4 is 27.5 Å². The number of carbonyl (C=O) groups is 1. The molecule has 1 amide bonds. The van der Waals surface area contributed by atoms with Gasteiger partial charge in [-0.3, -0.25) is 9.48 Å². The van der Waals surface area contributed by atoms with Gasteiger partial charge >= 0.3 is 0 Å². The van der Waals surface area contributed by atoms with E-state index in [-0.39, 0.29) is 11.7 Å². The summed E-state index contributed by atoms with van der Waals surface area (Å²) in [5, 5.41) is 5.56. The van der Waals surface area contributed by atoms with Crippen molar-refractivity contribution in [3.8, 4) is 5.75 Å². The van der Waals surface area contributed by atoms with Crippen molar-refractivity contribution in [1.29, 1.82) is 0 Å². The number of halogens is 1. The summed E-state index contributed by atoms with van der Waals surface area (Å²) in [5.41, 5.74) is 1.83. The summed E-state index contributed by atoms with van der Waals surface area (Å²) in [6.07, 6.45) is 0. The van der Waals surface area contributed by atoms with E-state index in [0.717, 1.165) is 27.2 Å². The second kappa shape index (κ2) is 8.67. The Morgan fingerprint density at radius 3 is 2.63 bits per heavy atom. The number of ether oxygens (including phenoxy) is 1. The van der Waals surface area contributed by atoms with Crippen LogP contribution in [0.2, 0.25) is 0 Å². The summed E-state index contributed by atoms with van der Waals surface area (Å²) in [5.74, 6) is 0.487. The Kier molecular flexibility index (Phi) is 5.81. The van der Waals surface area contributed by atoms with Crippen molar-refractivity contribution in [1.82, 2.24) is 14.7 Å².